The molecule has 31 heavy (non-hydrogen) atoms. The average molecular weight is 445 g/mol. The first-order chi connectivity index (χ1) is 14.8. The zero-order valence-corrected chi connectivity index (χ0v) is 17.7. The first kappa shape index (κ1) is 20.1. The lowest BCUT2D eigenvalue weighted by Crippen LogP contribution is -2.30. The summed E-state index contributed by atoms with van der Waals surface area (Å²) in [5.41, 5.74) is 1.85. The van der Waals surface area contributed by atoms with Gasteiger partial charge in [0, 0.05) is 29.7 Å². The average Bonchev–Trinajstić information content (AvgIpc) is 3.07. The molecule has 2 N–H and O–H groups in total. The van der Waals surface area contributed by atoms with Crippen LogP contribution in [0, 0.1) is 5.92 Å². The number of carbonyl (C=O) groups is 2. The van der Waals surface area contributed by atoms with Crippen LogP contribution >= 0.6 is 11.3 Å². The van der Waals surface area contributed by atoms with Gasteiger partial charge in [0.1, 0.15) is 5.82 Å². The number of likely N-dealkylation sites (tertiary alicyclic amines) is 1. The van der Waals surface area contributed by atoms with Crippen molar-refractivity contribution in [3.05, 3.63) is 52.0 Å². The number of fused-ring (bicyclic) bond motifs is 1. The van der Waals surface area contributed by atoms with Crippen LogP contribution in [-0.4, -0.2) is 45.7 Å². The molecule has 0 radical (unpaired) electrons. The van der Waals surface area contributed by atoms with Crippen LogP contribution in [0.25, 0.3) is 11.0 Å². The highest BCUT2D eigenvalue weighted by Gasteiger charge is 2.46. The Kier molecular flexibility index (Phi) is 4.80. The first-order valence-electron chi connectivity index (χ1n) is 10.3. The van der Waals surface area contributed by atoms with Gasteiger partial charge in [0.25, 0.3) is 11.8 Å². The van der Waals surface area contributed by atoms with E-state index in [2.05, 4.69) is 15.3 Å². The molecule has 0 spiro atoms. The van der Waals surface area contributed by atoms with Crippen LogP contribution < -0.4 is 5.32 Å². The van der Waals surface area contributed by atoms with Crippen molar-refractivity contribution in [1.82, 2.24) is 20.2 Å². The molecule has 5 rings (SSSR count). The number of alkyl halides is 2. The van der Waals surface area contributed by atoms with Crippen molar-refractivity contribution in [2.45, 2.75) is 37.6 Å². The summed E-state index contributed by atoms with van der Waals surface area (Å²) < 4.78 is 26.8. The number of imidazole rings is 1. The molecule has 0 bridgehead atoms. The lowest BCUT2D eigenvalue weighted by Gasteiger charge is -2.15. The number of nitrogens with one attached hydrogen (secondary N) is 2. The number of rotatable bonds is 5. The minimum atomic E-state index is -2.81. The summed E-state index contributed by atoms with van der Waals surface area (Å²) in [4.78, 5) is 35.5. The number of aromatic amines is 1. The van der Waals surface area contributed by atoms with Gasteiger partial charge in [-0.25, -0.2) is 13.8 Å². The molecular weight excluding hydrogens is 422 g/mol. The van der Waals surface area contributed by atoms with Gasteiger partial charge in [0.2, 0.25) is 5.91 Å². The van der Waals surface area contributed by atoms with Gasteiger partial charge in [-0.2, -0.15) is 0 Å². The molecule has 1 aliphatic heterocycles. The molecule has 1 saturated heterocycles. The van der Waals surface area contributed by atoms with Crippen LogP contribution in [0.5, 0.6) is 0 Å². The molecule has 3 aromatic rings. The third kappa shape index (κ3) is 3.94. The largest absolute Gasteiger partial charge is 0.349 e. The second-order valence-electron chi connectivity index (χ2n) is 8.35. The standard InChI is InChI=1S/C22H22F2N4O2S/c1-12(17-6-7-18(31-17)21(30)28-9-8-22(23,24)11-28)25-20(29)14-10-13(14)19-26-15-4-2-3-5-16(15)27-19/h2-7,12-14H,8-11H2,1H3,(H,25,29)(H,26,27)/t12-,13?,14?/m1/s1. The maximum Gasteiger partial charge on any atom is 0.267 e. The highest BCUT2D eigenvalue weighted by molar-refractivity contribution is 7.14. The van der Waals surface area contributed by atoms with Crippen LogP contribution in [0.1, 0.15) is 52.1 Å². The van der Waals surface area contributed by atoms with Gasteiger partial charge in [-0.1, -0.05) is 12.1 Å². The summed E-state index contributed by atoms with van der Waals surface area (Å²) in [6.07, 6.45) is 0.451. The molecule has 9 heteroatoms. The summed E-state index contributed by atoms with van der Waals surface area (Å²) in [5, 5.41) is 3.01. The number of carbonyl (C=O) groups excluding carboxylic acids is 2. The van der Waals surface area contributed by atoms with Gasteiger partial charge in [-0.15, -0.1) is 11.3 Å². The van der Waals surface area contributed by atoms with E-state index in [0.717, 1.165) is 28.2 Å². The number of benzene rings is 1. The van der Waals surface area contributed by atoms with E-state index in [1.165, 1.54) is 16.2 Å². The van der Waals surface area contributed by atoms with E-state index >= 15 is 0 Å². The summed E-state index contributed by atoms with van der Waals surface area (Å²) in [7, 11) is 0. The summed E-state index contributed by atoms with van der Waals surface area (Å²) >= 11 is 1.24. The lowest BCUT2D eigenvalue weighted by atomic mass is 10.2. The molecule has 1 saturated carbocycles. The minimum Gasteiger partial charge on any atom is -0.349 e. The molecule has 2 amide bonds. The van der Waals surface area contributed by atoms with Crippen molar-refractivity contribution in [1.29, 1.82) is 0 Å². The molecule has 2 aliphatic rings. The molecule has 3 atom stereocenters. The Labute approximate surface area is 181 Å². The lowest BCUT2D eigenvalue weighted by molar-refractivity contribution is -0.123. The Bertz CT molecular complexity index is 1120. The van der Waals surface area contributed by atoms with E-state index in [4.69, 9.17) is 0 Å². The molecule has 1 aromatic carbocycles. The van der Waals surface area contributed by atoms with Gasteiger partial charge in [0.15, 0.2) is 0 Å². The number of H-pyrrole nitrogens is 1. The molecule has 2 fully saturated rings. The topological polar surface area (TPSA) is 78.1 Å². The monoisotopic (exact) mass is 444 g/mol. The number of halogens is 2. The number of nitrogens with zero attached hydrogens (tertiary/aromatic N) is 2. The first-order valence-corrected chi connectivity index (χ1v) is 11.1. The van der Waals surface area contributed by atoms with Crippen molar-refractivity contribution < 1.29 is 18.4 Å². The number of hydrogen-bond acceptors (Lipinski definition) is 4. The smallest absolute Gasteiger partial charge is 0.267 e. The van der Waals surface area contributed by atoms with Crippen molar-refractivity contribution >= 4 is 34.2 Å². The van der Waals surface area contributed by atoms with E-state index in [9.17, 15) is 18.4 Å². The van der Waals surface area contributed by atoms with Gasteiger partial charge < -0.3 is 15.2 Å². The normalized spacial score (nSPS) is 23.1. The van der Waals surface area contributed by atoms with Crippen molar-refractivity contribution in [3.63, 3.8) is 0 Å². The molecule has 162 valence electrons. The molecule has 6 nitrogen and oxygen atoms in total. The molecule has 2 unspecified atom stereocenters. The van der Waals surface area contributed by atoms with E-state index in [0.29, 0.717) is 4.88 Å². The van der Waals surface area contributed by atoms with Crippen LogP contribution in [0.3, 0.4) is 0 Å². The Morgan fingerprint density at radius 2 is 2.10 bits per heavy atom. The molecule has 3 heterocycles. The Morgan fingerprint density at radius 3 is 2.84 bits per heavy atom. The van der Waals surface area contributed by atoms with E-state index < -0.39 is 12.5 Å². The zero-order valence-electron chi connectivity index (χ0n) is 16.9. The highest BCUT2D eigenvalue weighted by Crippen LogP contribution is 2.47. The molecule has 2 aromatic heterocycles. The summed E-state index contributed by atoms with van der Waals surface area (Å²) in [6, 6.07) is 10.9. The number of amides is 2. The second kappa shape index (κ2) is 7.40. The quantitative estimate of drug-likeness (QED) is 0.622. The summed E-state index contributed by atoms with van der Waals surface area (Å²) in [6.45, 7) is 1.40. The Morgan fingerprint density at radius 1 is 1.29 bits per heavy atom. The summed E-state index contributed by atoms with van der Waals surface area (Å²) in [5.74, 6) is -2.44. The van der Waals surface area contributed by atoms with Crippen molar-refractivity contribution in [2.24, 2.45) is 5.92 Å². The predicted octanol–water partition coefficient (Wildman–Crippen LogP) is 4.09. The Hall–Kier alpha value is -2.81. The van der Waals surface area contributed by atoms with Crippen LogP contribution in [0.4, 0.5) is 8.78 Å². The zero-order chi connectivity index (χ0) is 21.8. The van der Waals surface area contributed by atoms with Crippen LogP contribution in [0.2, 0.25) is 0 Å². The second-order valence-corrected chi connectivity index (χ2v) is 9.47. The maximum atomic E-state index is 13.4. The fourth-order valence-corrected chi connectivity index (χ4v) is 5.07. The predicted molar refractivity (Wildman–Crippen MR) is 113 cm³/mol. The highest BCUT2D eigenvalue weighted by atomic mass is 32.1. The van der Waals surface area contributed by atoms with Gasteiger partial charge in [-0.05, 0) is 37.6 Å². The van der Waals surface area contributed by atoms with E-state index in [1.54, 1.807) is 12.1 Å². The maximum absolute atomic E-state index is 13.4. The Balaban J connectivity index is 1.19. The minimum absolute atomic E-state index is 0.0431. The number of hydrogen-bond donors (Lipinski definition) is 2. The molecule has 1 aliphatic carbocycles. The van der Waals surface area contributed by atoms with Gasteiger partial charge in [-0.3, -0.25) is 9.59 Å². The molecular formula is C22H22F2N4O2S. The third-order valence-electron chi connectivity index (χ3n) is 5.97. The van der Waals surface area contributed by atoms with Gasteiger partial charge >= 0.3 is 0 Å². The number of aromatic nitrogens is 2. The fourth-order valence-electron chi connectivity index (χ4n) is 4.09. The van der Waals surface area contributed by atoms with E-state index in [1.807, 2.05) is 31.2 Å². The number of thiophene rings is 1. The van der Waals surface area contributed by atoms with E-state index in [-0.39, 0.29) is 42.7 Å². The van der Waals surface area contributed by atoms with Crippen molar-refractivity contribution in [3.8, 4) is 0 Å². The van der Waals surface area contributed by atoms with Crippen LogP contribution in [-0.2, 0) is 4.79 Å². The number of para-hydroxylation sites is 2. The van der Waals surface area contributed by atoms with Crippen molar-refractivity contribution in [2.75, 3.05) is 13.1 Å². The van der Waals surface area contributed by atoms with Crippen LogP contribution in [0.15, 0.2) is 36.4 Å². The fraction of sp³-hybridized carbons (Fsp3) is 0.409. The third-order valence-corrected chi connectivity index (χ3v) is 7.22. The SMILES string of the molecule is C[C@@H](NC(=O)C1CC1c1nc2ccccc2[nH]1)c1ccc(C(=O)N2CCC(F)(F)C2)s1. The van der Waals surface area contributed by atoms with Gasteiger partial charge in [0.05, 0.1) is 28.5 Å².